The van der Waals surface area contributed by atoms with E-state index in [1.165, 1.54) is 0 Å². The van der Waals surface area contributed by atoms with E-state index in [-0.39, 0.29) is 5.97 Å². The molecule has 1 aromatic heterocycles. The molecule has 0 aliphatic heterocycles. The number of rotatable bonds is 5. The monoisotopic (exact) mass is 193 g/mol. The van der Waals surface area contributed by atoms with E-state index < -0.39 is 0 Å². The van der Waals surface area contributed by atoms with Gasteiger partial charge in [-0.05, 0) is 24.1 Å². The van der Waals surface area contributed by atoms with E-state index in [1.54, 1.807) is 12.4 Å². The molecule has 0 amide bonds. The quantitative estimate of drug-likeness (QED) is 0.530. The highest BCUT2D eigenvalue weighted by molar-refractivity contribution is 5.72. The Hall–Kier alpha value is -1.38. The smallest absolute Gasteiger partial charge is 0.310 e. The average molecular weight is 193 g/mol. The number of hydrogen-bond donors (Lipinski definition) is 0. The number of hydrogen-bond acceptors (Lipinski definition) is 3. The first-order chi connectivity index (χ1) is 6.83. The van der Waals surface area contributed by atoms with Crippen LogP contribution in [0, 0.1) is 0 Å². The zero-order chi connectivity index (χ0) is 10.2. The summed E-state index contributed by atoms with van der Waals surface area (Å²) >= 11 is 0. The normalized spacial score (nSPS) is 9.79. The fourth-order valence-electron chi connectivity index (χ4n) is 1.05. The zero-order valence-corrected chi connectivity index (χ0v) is 8.40. The van der Waals surface area contributed by atoms with Crippen LogP contribution in [0.2, 0.25) is 0 Å². The number of unbranched alkanes of at least 4 members (excludes halogenated alkanes) is 1. The maximum atomic E-state index is 11.2. The molecular weight excluding hydrogens is 178 g/mol. The highest BCUT2D eigenvalue weighted by Crippen LogP contribution is 1.99. The highest BCUT2D eigenvalue weighted by Gasteiger charge is 2.03. The highest BCUT2D eigenvalue weighted by atomic mass is 16.5. The molecule has 1 heterocycles. The average Bonchev–Trinajstić information content (AvgIpc) is 2.20. The first-order valence-electron chi connectivity index (χ1n) is 4.87. The Labute approximate surface area is 84.1 Å². The molecule has 3 heteroatoms. The van der Waals surface area contributed by atoms with Crippen molar-refractivity contribution in [1.29, 1.82) is 0 Å². The lowest BCUT2D eigenvalue weighted by Crippen LogP contribution is -2.08. The standard InChI is InChI=1S/C11H15NO2/c1-2-3-8-14-11(13)9-10-4-6-12-7-5-10/h4-7H,2-3,8-9H2,1H3. The molecule has 0 fully saturated rings. The molecule has 14 heavy (non-hydrogen) atoms. The fourth-order valence-corrected chi connectivity index (χ4v) is 1.05. The van der Waals surface area contributed by atoms with Crippen LogP contribution in [0.1, 0.15) is 25.3 Å². The second-order valence-electron chi connectivity index (χ2n) is 3.11. The molecule has 0 unspecified atom stereocenters. The summed E-state index contributed by atoms with van der Waals surface area (Å²) < 4.78 is 5.03. The Balaban J connectivity index is 2.27. The summed E-state index contributed by atoms with van der Waals surface area (Å²) in [5.74, 6) is -0.162. The molecule has 0 spiro atoms. The Kier molecular flexibility index (Phi) is 4.69. The van der Waals surface area contributed by atoms with Crippen LogP contribution in [-0.4, -0.2) is 17.6 Å². The predicted octanol–water partition coefficient (Wildman–Crippen LogP) is 1.97. The molecule has 0 N–H and O–H groups in total. The van der Waals surface area contributed by atoms with Gasteiger partial charge in [0, 0.05) is 12.4 Å². The van der Waals surface area contributed by atoms with E-state index in [1.807, 2.05) is 12.1 Å². The van der Waals surface area contributed by atoms with Gasteiger partial charge in [0.25, 0.3) is 0 Å². The van der Waals surface area contributed by atoms with E-state index in [2.05, 4.69) is 11.9 Å². The van der Waals surface area contributed by atoms with Crippen LogP contribution in [-0.2, 0) is 16.0 Å². The van der Waals surface area contributed by atoms with Crippen LogP contribution in [0.3, 0.4) is 0 Å². The van der Waals surface area contributed by atoms with Gasteiger partial charge in [0.05, 0.1) is 13.0 Å². The molecule has 0 aromatic carbocycles. The molecular formula is C11H15NO2. The van der Waals surface area contributed by atoms with Gasteiger partial charge in [-0.15, -0.1) is 0 Å². The second-order valence-corrected chi connectivity index (χ2v) is 3.11. The molecule has 3 nitrogen and oxygen atoms in total. The number of esters is 1. The van der Waals surface area contributed by atoms with Crippen LogP contribution < -0.4 is 0 Å². The molecule has 0 atom stereocenters. The van der Waals surface area contributed by atoms with Crippen molar-refractivity contribution in [1.82, 2.24) is 4.98 Å². The molecule has 0 bridgehead atoms. The van der Waals surface area contributed by atoms with Crippen molar-refractivity contribution < 1.29 is 9.53 Å². The van der Waals surface area contributed by atoms with Crippen LogP contribution in [0.15, 0.2) is 24.5 Å². The van der Waals surface area contributed by atoms with Gasteiger partial charge in [-0.2, -0.15) is 0 Å². The number of nitrogens with zero attached hydrogens (tertiary/aromatic N) is 1. The SMILES string of the molecule is CCCCOC(=O)Cc1ccncc1. The summed E-state index contributed by atoms with van der Waals surface area (Å²) in [6.45, 7) is 2.59. The van der Waals surface area contributed by atoms with Gasteiger partial charge >= 0.3 is 5.97 Å². The minimum Gasteiger partial charge on any atom is -0.465 e. The number of aromatic nitrogens is 1. The number of ether oxygens (including phenoxy) is 1. The summed E-state index contributed by atoms with van der Waals surface area (Å²) in [6.07, 6.45) is 5.67. The fraction of sp³-hybridized carbons (Fsp3) is 0.455. The lowest BCUT2D eigenvalue weighted by Gasteiger charge is -2.03. The Morgan fingerprint density at radius 1 is 1.43 bits per heavy atom. The Morgan fingerprint density at radius 3 is 2.79 bits per heavy atom. The minimum absolute atomic E-state index is 0.162. The van der Waals surface area contributed by atoms with Crippen molar-refractivity contribution in [3.05, 3.63) is 30.1 Å². The van der Waals surface area contributed by atoms with Crippen molar-refractivity contribution in [3.63, 3.8) is 0 Å². The summed E-state index contributed by atoms with van der Waals surface area (Å²) in [7, 11) is 0. The van der Waals surface area contributed by atoms with Gasteiger partial charge in [0.15, 0.2) is 0 Å². The first kappa shape index (κ1) is 10.7. The van der Waals surface area contributed by atoms with Gasteiger partial charge < -0.3 is 4.74 Å². The van der Waals surface area contributed by atoms with Crippen molar-refractivity contribution in [3.8, 4) is 0 Å². The summed E-state index contributed by atoms with van der Waals surface area (Å²) in [5.41, 5.74) is 0.946. The van der Waals surface area contributed by atoms with Gasteiger partial charge in [-0.1, -0.05) is 13.3 Å². The molecule has 1 aromatic rings. The third kappa shape index (κ3) is 4.03. The Morgan fingerprint density at radius 2 is 2.14 bits per heavy atom. The predicted molar refractivity (Wildman–Crippen MR) is 53.8 cm³/mol. The summed E-state index contributed by atoms with van der Waals surface area (Å²) in [6, 6.07) is 3.64. The van der Waals surface area contributed by atoms with Gasteiger partial charge in [-0.25, -0.2) is 0 Å². The lowest BCUT2D eigenvalue weighted by atomic mass is 10.2. The van der Waals surface area contributed by atoms with Gasteiger partial charge in [0.1, 0.15) is 0 Å². The van der Waals surface area contributed by atoms with Gasteiger partial charge in [-0.3, -0.25) is 9.78 Å². The third-order valence-electron chi connectivity index (χ3n) is 1.86. The first-order valence-corrected chi connectivity index (χ1v) is 4.87. The van der Waals surface area contributed by atoms with E-state index in [0.29, 0.717) is 13.0 Å². The molecule has 0 aliphatic carbocycles. The van der Waals surface area contributed by atoms with Crippen molar-refractivity contribution in [2.24, 2.45) is 0 Å². The maximum Gasteiger partial charge on any atom is 0.310 e. The topological polar surface area (TPSA) is 39.2 Å². The van der Waals surface area contributed by atoms with Crippen LogP contribution in [0.4, 0.5) is 0 Å². The van der Waals surface area contributed by atoms with Crippen LogP contribution in [0.5, 0.6) is 0 Å². The maximum absolute atomic E-state index is 11.2. The van der Waals surface area contributed by atoms with Crippen molar-refractivity contribution in [2.75, 3.05) is 6.61 Å². The van der Waals surface area contributed by atoms with Crippen molar-refractivity contribution >= 4 is 5.97 Å². The van der Waals surface area contributed by atoms with E-state index in [4.69, 9.17) is 4.74 Å². The third-order valence-corrected chi connectivity index (χ3v) is 1.86. The molecule has 0 aliphatic rings. The molecule has 1 rings (SSSR count). The summed E-state index contributed by atoms with van der Waals surface area (Å²) in [5, 5.41) is 0. The molecule has 0 saturated carbocycles. The second kappa shape index (κ2) is 6.13. The minimum atomic E-state index is -0.162. The molecule has 0 saturated heterocycles. The number of pyridine rings is 1. The molecule has 0 radical (unpaired) electrons. The van der Waals surface area contributed by atoms with E-state index in [0.717, 1.165) is 18.4 Å². The Bertz CT molecular complexity index is 272. The number of carbonyl (C=O) groups is 1. The van der Waals surface area contributed by atoms with Crippen LogP contribution in [0.25, 0.3) is 0 Å². The van der Waals surface area contributed by atoms with Crippen molar-refractivity contribution in [2.45, 2.75) is 26.2 Å². The lowest BCUT2D eigenvalue weighted by molar-refractivity contribution is -0.142. The van der Waals surface area contributed by atoms with Gasteiger partial charge in [0.2, 0.25) is 0 Å². The number of carbonyl (C=O) groups excluding carboxylic acids is 1. The zero-order valence-electron chi connectivity index (χ0n) is 8.40. The largest absolute Gasteiger partial charge is 0.465 e. The molecule has 76 valence electrons. The van der Waals surface area contributed by atoms with E-state index in [9.17, 15) is 4.79 Å². The van der Waals surface area contributed by atoms with Crippen LogP contribution >= 0.6 is 0 Å². The summed E-state index contributed by atoms with van der Waals surface area (Å²) in [4.78, 5) is 15.1. The van der Waals surface area contributed by atoms with E-state index >= 15 is 0 Å².